The van der Waals surface area contributed by atoms with Crippen LogP contribution in [-0.4, -0.2) is 35.6 Å². The number of hydrogen-bond donors (Lipinski definition) is 1. The van der Waals surface area contributed by atoms with Gasteiger partial charge in [0.25, 0.3) is 5.91 Å². The van der Waals surface area contributed by atoms with Gasteiger partial charge in [-0.15, -0.1) is 11.3 Å². The Morgan fingerprint density at radius 1 is 1.39 bits per heavy atom. The van der Waals surface area contributed by atoms with E-state index in [1.807, 2.05) is 16.3 Å². The van der Waals surface area contributed by atoms with E-state index in [0.717, 1.165) is 36.4 Å². The lowest BCUT2D eigenvalue weighted by atomic mass is 10.1. The van der Waals surface area contributed by atoms with Crippen LogP contribution in [0.25, 0.3) is 0 Å². The molecule has 1 aromatic rings. The molecular formula is C14H17NO2S. The summed E-state index contributed by atoms with van der Waals surface area (Å²) in [6, 6.07) is 1.85. The van der Waals surface area contributed by atoms with E-state index in [1.54, 1.807) is 0 Å². The van der Waals surface area contributed by atoms with E-state index in [-0.39, 0.29) is 12.5 Å². The van der Waals surface area contributed by atoms with Crippen molar-refractivity contribution in [2.24, 2.45) is 0 Å². The molecule has 0 aromatic carbocycles. The summed E-state index contributed by atoms with van der Waals surface area (Å²) in [5.74, 6) is 5.96. The second-order valence-electron chi connectivity index (χ2n) is 4.33. The fraction of sp³-hybridized carbons (Fsp3) is 0.500. The molecule has 0 atom stereocenters. The highest BCUT2D eigenvalue weighted by Gasteiger charge is 2.18. The first-order chi connectivity index (χ1) is 8.81. The zero-order valence-corrected chi connectivity index (χ0v) is 11.1. The lowest BCUT2D eigenvalue weighted by molar-refractivity contribution is 0.0725. The number of carbonyl (C=O) groups excluding carboxylic acids is 1. The van der Waals surface area contributed by atoms with Gasteiger partial charge in [-0.25, -0.2) is 0 Å². The van der Waals surface area contributed by atoms with Crippen LogP contribution >= 0.6 is 11.3 Å². The first kappa shape index (κ1) is 13.1. The van der Waals surface area contributed by atoms with Crippen LogP contribution in [0.4, 0.5) is 0 Å². The van der Waals surface area contributed by atoms with E-state index < -0.39 is 0 Å². The molecule has 1 N–H and O–H groups in total. The molecule has 0 radical (unpaired) electrons. The highest BCUT2D eigenvalue weighted by atomic mass is 32.1. The van der Waals surface area contributed by atoms with E-state index >= 15 is 0 Å². The third-order valence-corrected chi connectivity index (χ3v) is 3.78. The normalized spacial score (nSPS) is 15.1. The van der Waals surface area contributed by atoms with Crippen molar-refractivity contribution in [3.05, 3.63) is 21.9 Å². The van der Waals surface area contributed by atoms with Crippen LogP contribution in [0.3, 0.4) is 0 Å². The number of aliphatic hydroxyl groups is 1. The molecule has 96 valence electrons. The van der Waals surface area contributed by atoms with Crippen molar-refractivity contribution in [3.8, 4) is 11.8 Å². The maximum Gasteiger partial charge on any atom is 0.254 e. The molecule has 0 bridgehead atoms. The largest absolute Gasteiger partial charge is 0.395 e. The molecule has 1 fully saturated rings. The number of hydrogen-bond acceptors (Lipinski definition) is 3. The van der Waals surface area contributed by atoms with E-state index in [9.17, 15) is 4.79 Å². The van der Waals surface area contributed by atoms with Crippen LogP contribution in [0.2, 0.25) is 0 Å². The van der Waals surface area contributed by atoms with Crippen molar-refractivity contribution >= 4 is 17.2 Å². The number of piperidine rings is 1. The molecule has 1 aromatic heterocycles. The van der Waals surface area contributed by atoms with Gasteiger partial charge in [0.1, 0.15) is 0 Å². The zero-order valence-electron chi connectivity index (χ0n) is 10.3. The maximum absolute atomic E-state index is 12.2. The number of aliphatic hydroxyl groups excluding tert-OH is 1. The molecule has 1 saturated heterocycles. The fourth-order valence-electron chi connectivity index (χ4n) is 2.00. The summed E-state index contributed by atoms with van der Waals surface area (Å²) in [5, 5.41) is 10.5. The first-order valence-corrected chi connectivity index (χ1v) is 7.17. The van der Waals surface area contributed by atoms with Crippen molar-refractivity contribution in [2.75, 3.05) is 19.7 Å². The van der Waals surface area contributed by atoms with Gasteiger partial charge in [-0.1, -0.05) is 11.8 Å². The van der Waals surface area contributed by atoms with Gasteiger partial charge >= 0.3 is 0 Å². The number of rotatable bonds is 2. The molecule has 0 saturated carbocycles. The first-order valence-electron chi connectivity index (χ1n) is 6.29. The van der Waals surface area contributed by atoms with E-state index in [1.165, 1.54) is 17.8 Å². The molecule has 0 spiro atoms. The Balaban J connectivity index is 2.01. The van der Waals surface area contributed by atoms with Gasteiger partial charge in [0.2, 0.25) is 0 Å². The summed E-state index contributed by atoms with van der Waals surface area (Å²) >= 11 is 1.49. The van der Waals surface area contributed by atoms with E-state index in [4.69, 9.17) is 5.11 Å². The minimum Gasteiger partial charge on any atom is -0.395 e. The van der Waals surface area contributed by atoms with Crippen LogP contribution in [0.5, 0.6) is 0 Å². The number of amides is 1. The van der Waals surface area contributed by atoms with Crippen LogP contribution in [0, 0.1) is 11.8 Å². The molecule has 3 nitrogen and oxygen atoms in total. The predicted octanol–water partition coefficient (Wildman–Crippen LogP) is 2.11. The van der Waals surface area contributed by atoms with Crippen LogP contribution < -0.4 is 0 Å². The Kier molecular flexibility index (Phi) is 4.80. The molecule has 1 aliphatic heterocycles. The molecule has 1 aliphatic rings. The summed E-state index contributed by atoms with van der Waals surface area (Å²) in [6.07, 6.45) is 3.93. The number of carbonyl (C=O) groups is 1. The third kappa shape index (κ3) is 3.34. The predicted molar refractivity (Wildman–Crippen MR) is 72.7 cm³/mol. The van der Waals surface area contributed by atoms with Gasteiger partial charge in [0, 0.05) is 24.9 Å². The molecule has 0 unspecified atom stereocenters. The smallest absolute Gasteiger partial charge is 0.254 e. The van der Waals surface area contributed by atoms with Crippen molar-refractivity contribution in [1.82, 2.24) is 4.90 Å². The number of thiophene rings is 1. The molecule has 1 amide bonds. The summed E-state index contributed by atoms with van der Waals surface area (Å²) in [5.41, 5.74) is 0.746. The van der Waals surface area contributed by atoms with Gasteiger partial charge in [-0.05, 0) is 25.3 Å². The Morgan fingerprint density at radius 2 is 2.17 bits per heavy atom. The van der Waals surface area contributed by atoms with Crippen LogP contribution in [0.1, 0.15) is 40.9 Å². The zero-order chi connectivity index (χ0) is 12.8. The summed E-state index contributed by atoms with van der Waals surface area (Å²) in [6.45, 7) is 1.83. The molecule has 2 rings (SSSR count). The number of nitrogens with zero attached hydrogens (tertiary/aromatic N) is 1. The van der Waals surface area contributed by atoms with E-state index in [2.05, 4.69) is 11.8 Å². The van der Waals surface area contributed by atoms with Gasteiger partial charge < -0.3 is 10.0 Å². The average Bonchev–Trinajstić information content (AvgIpc) is 2.88. The SMILES string of the molecule is O=C(c1csc(C#CCCO)c1)N1CCCCC1. The minimum atomic E-state index is 0.0813. The van der Waals surface area contributed by atoms with E-state index in [0.29, 0.717) is 6.42 Å². The lowest BCUT2D eigenvalue weighted by Crippen LogP contribution is -2.35. The molecular weight excluding hydrogens is 246 g/mol. The Morgan fingerprint density at radius 3 is 2.89 bits per heavy atom. The molecule has 4 heteroatoms. The second-order valence-corrected chi connectivity index (χ2v) is 5.24. The summed E-state index contributed by atoms with van der Waals surface area (Å²) < 4.78 is 0. The van der Waals surface area contributed by atoms with Crippen molar-refractivity contribution in [1.29, 1.82) is 0 Å². The Hall–Kier alpha value is -1.31. The highest BCUT2D eigenvalue weighted by molar-refractivity contribution is 7.10. The van der Waals surface area contributed by atoms with Gasteiger partial charge in [-0.3, -0.25) is 4.79 Å². The fourth-order valence-corrected chi connectivity index (χ4v) is 2.75. The Bertz CT molecular complexity index is 464. The van der Waals surface area contributed by atoms with Gasteiger partial charge in [0.15, 0.2) is 0 Å². The van der Waals surface area contributed by atoms with Crippen molar-refractivity contribution < 1.29 is 9.90 Å². The monoisotopic (exact) mass is 263 g/mol. The number of likely N-dealkylation sites (tertiary alicyclic amines) is 1. The van der Waals surface area contributed by atoms with Crippen molar-refractivity contribution in [2.45, 2.75) is 25.7 Å². The topological polar surface area (TPSA) is 40.5 Å². The lowest BCUT2D eigenvalue weighted by Gasteiger charge is -2.26. The average molecular weight is 263 g/mol. The molecule has 0 aliphatic carbocycles. The van der Waals surface area contributed by atoms with Gasteiger partial charge in [-0.2, -0.15) is 0 Å². The van der Waals surface area contributed by atoms with Crippen molar-refractivity contribution in [3.63, 3.8) is 0 Å². The molecule has 2 heterocycles. The summed E-state index contributed by atoms with van der Waals surface area (Å²) in [7, 11) is 0. The third-order valence-electron chi connectivity index (χ3n) is 2.94. The second kappa shape index (κ2) is 6.58. The van der Waals surface area contributed by atoms with Crippen LogP contribution in [-0.2, 0) is 0 Å². The maximum atomic E-state index is 12.2. The highest BCUT2D eigenvalue weighted by Crippen LogP contribution is 2.18. The summed E-state index contributed by atoms with van der Waals surface area (Å²) in [4.78, 5) is 15.0. The molecule has 18 heavy (non-hydrogen) atoms. The minimum absolute atomic E-state index is 0.0813. The van der Waals surface area contributed by atoms with Gasteiger partial charge in [0.05, 0.1) is 17.0 Å². The quantitative estimate of drug-likeness (QED) is 0.830. The Labute approximate surface area is 111 Å². The standard InChI is InChI=1S/C14H17NO2S/c16-9-5-2-6-13-10-12(11-18-13)14(17)15-7-3-1-4-8-15/h10-11,16H,1,3-5,7-9H2. The van der Waals surface area contributed by atoms with Crippen LogP contribution in [0.15, 0.2) is 11.4 Å².